The van der Waals surface area contributed by atoms with E-state index >= 15 is 0 Å². The first-order chi connectivity index (χ1) is 18.2. The van der Waals surface area contributed by atoms with Gasteiger partial charge in [-0.05, 0) is 69.1 Å². The Morgan fingerprint density at radius 3 is 2.55 bits per heavy atom. The number of rotatable bonds is 9. The second-order valence-corrected chi connectivity index (χ2v) is 10.2. The van der Waals surface area contributed by atoms with Gasteiger partial charge in [-0.2, -0.15) is 0 Å². The van der Waals surface area contributed by atoms with Gasteiger partial charge in [0.1, 0.15) is 6.04 Å². The molecular formula is C27H35ClN6O4. The summed E-state index contributed by atoms with van der Waals surface area (Å²) in [6, 6.07) is 13.0. The van der Waals surface area contributed by atoms with Crippen LogP contribution in [-0.2, 0) is 20.7 Å². The van der Waals surface area contributed by atoms with Crippen LogP contribution in [-0.4, -0.2) is 62.0 Å². The van der Waals surface area contributed by atoms with Crippen LogP contribution in [0.4, 0.5) is 16.2 Å². The summed E-state index contributed by atoms with van der Waals surface area (Å²) >= 11 is 6.16. The Balaban J connectivity index is 1.49. The Bertz CT molecular complexity index is 1140. The van der Waals surface area contributed by atoms with Crippen molar-refractivity contribution in [2.24, 2.45) is 5.73 Å². The summed E-state index contributed by atoms with van der Waals surface area (Å²) in [7, 11) is 0. The number of carbonyl (C=O) groups is 3. The van der Waals surface area contributed by atoms with Crippen LogP contribution >= 0.6 is 11.6 Å². The van der Waals surface area contributed by atoms with Crippen molar-refractivity contribution in [2.75, 3.05) is 29.4 Å². The Labute approximate surface area is 227 Å². The molecule has 3 amide bonds. The quantitative estimate of drug-likeness (QED) is 0.358. The minimum atomic E-state index is -0.799. The molecule has 2 aromatic carbocycles. The third-order valence-electron chi connectivity index (χ3n) is 6.58. The lowest BCUT2D eigenvalue weighted by atomic mass is 10.0. The summed E-state index contributed by atoms with van der Waals surface area (Å²) in [5.74, 6) is -0.652. The number of ether oxygens (including phenoxy) is 1. The van der Waals surface area contributed by atoms with Crippen molar-refractivity contribution in [3.05, 3.63) is 59.1 Å². The molecule has 0 bridgehead atoms. The zero-order valence-electron chi connectivity index (χ0n) is 21.7. The van der Waals surface area contributed by atoms with E-state index < -0.39 is 24.3 Å². The van der Waals surface area contributed by atoms with Crippen molar-refractivity contribution in [2.45, 2.75) is 57.6 Å². The van der Waals surface area contributed by atoms with Gasteiger partial charge in [-0.1, -0.05) is 29.8 Å². The van der Waals surface area contributed by atoms with E-state index in [1.165, 1.54) is 4.90 Å². The number of esters is 1. The van der Waals surface area contributed by atoms with Crippen molar-refractivity contribution < 1.29 is 19.1 Å². The summed E-state index contributed by atoms with van der Waals surface area (Å²) in [4.78, 5) is 41.4. The number of nitrogens with zero attached hydrogens (tertiary/aromatic N) is 2. The van der Waals surface area contributed by atoms with Crippen molar-refractivity contribution in [3.8, 4) is 0 Å². The number of anilines is 2. The topological polar surface area (TPSA) is 129 Å². The molecule has 0 spiro atoms. The number of primary amides is 1. The molecule has 3 atom stereocenters. The van der Waals surface area contributed by atoms with E-state index in [0.29, 0.717) is 30.2 Å². The molecule has 2 aliphatic rings. The predicted octanol–water partition coefficient (Wildman–Crippen LogP) is 2.35. The van der Waals surface area contributed by atoms with E-state index in [9.17, 15) is 14.4 Å². The second kappa shape index (κ2) is 12.5. The van der Waals surface area contributed by atoms with Crippen LogP contribution in [0.25, 0.3) is 0 Å². The molecule has 0 radical (unpaired) electrons. The number of carbonyl (C=O) groups excluding carboxylic acids is 3. The summed E-state index contributed by atoms with van der Waals surface area (Å²) in [5, 5.41) is 9.86. The number of nitrogens with two attached hydrogens (primary N) is 1. The van der Waals surface area contributed by atoms with E-state index in [-0.39, 0.29) is 18.1 Å². The molecule has 2 aliphatic heterocycles. The lowest BCUT2D eigenvalue weighted by Gasteiger charge is -2.35. The minimum Gasteiger partial charge on any atom is -0.461 e. The average molecular weight is 543 g/mol. The standard InChI is InChI=1S/C27H35ClN6O4/c1-17(2)38-25(36)23(32-24(35)22-7-4-12-30-22)15-18-8-10-20(11-9-18)33-14-13-31-27(33)34(26(29)37)21-6-3-5-19(28)16-21/h3,5-6,8-11,16-17,22-23,27,30-31H,4,7,12-15H2,1-2H3,(H2,29,37)(H,32,35)/t22-,23-,27?/m0/s1. The monoisotopic (exact) mass is 542 g/mol. The number of benzene rings is 2. The highest BCUT2D eigenvalue weighted by Gasteiger charge is 2.33. The van der Waals surface area contributed by atoms with Gasteiger partial charge in [0.25, 0.3) is 0 Å². The van der Waals surface area contributed by atoms with Crippen LogP contribution in [0.15, 0.2) is 48.5 Å². The number of halogens is 1. The lowest BCUT2D eigenvalue weighted by molar-refractivity contribution is -0.151. The van der Waals surface area contributed by atoms with Gasteiger partial charge in [-0.25, -0.2) is 9.59 Å². The number of nitrogens with one attached hydrogen (secondary N) is 3. The highest BCUT2D eigenvalue weighted by molar-refractivity contribution is 6.30. The Morgan fingerprint density at radius 2 is 1.92 bits per heavy atom. The smallest absolute Gasteiger partial charge is 0.329 e. The molecule has 11 heteroatoms. The number of hydrogen-bond donors (Lipinski definition) is 4. The number of urea groups is 1. The predicted molar refractivity (Wildman–Crippen MR) is 147 cm³/mol. The lowest BCUT2D eigenvalue weighted by Crippen LogP contribution is -2.55. The summed E-state index contributed by atoms with van der Waals surface area (Å²) in [6.07, 6.45) is 1.18. The van der Waals surface area contributed by atoms with Crippen LogP contribution in [0, 0.1) is 0 Å². The van der Waals surface area contributed by atoms with E-state index in [1.807, 2.05) is 29.2 Å². The normalized spacial score (nSPS) is 19.8. The summed E-state index contributed by atoms with van der Waals surface area (Å²) < 4.78 is 5.42. The maximum atomic E-state index is 12.8. The number of amides is 3. The van der Waals surface area contributed by atoms with Gasteiger partial charge in [-0.3, -0.25) is 15.0 Å². The van der Waals surface area contributed by atoms with Gasteiger partial charge in [0.15, 0.2) is 6.29 Å². The molecule has 2 aromatic rings. The van der Waals surface area contributed by atoms with Gasteiger partial charge >= 0.3 is 12.0 Å². The van der Waals surface area contributed by atoms with Gasteiger partial charge in [-0.15, -0.1) is 0 Å². The van der Waals surface area contributed by atoms with Gasteiger partial charge in [0, 0.05) is 30.2 Å². The molecule has 0 aliphatic carbocycles. The highest BCUT2D eigenvalue weighted by Crippen LogP contribution is 2.27. The fourth-order valence-corrected chi connectivity index (χ4v) is 4.99. The third kappa shape index (κ3) is 6.75. The third-order valence-corrected chi connectivity index (χ3v) is 6.82. The molecule has 0 aromatic heterocycles. The first-order valence-electron chi connectivity index (χ1n) is 12.9. The Kier molecular flexibility index (Phi) is 9.09. The fourth-order valence-electron chi connectivity index (χ4n) is 4.81. The minimum absolute atomic E-state index is 0.191. The maximum absolute atomic E-state index is 12.8. The van der Waals surface area contributed by atoms with Gasteiger partial charge < -0.3 is 26.0 Å². The number of hydrogen-bond acceptors (Lipinski definition) is 7. The molecule has 2 heterocycles. The average Bonchev–Trinajstić information content (AvgIpc) is 3.57. The van der Waals surface area contributed by atoms with Gasteiger partial charge in [0.05, 0.1) is 17.8 Å². The van der Waals surface area contributed by atoms with E-state index in [1.54, 1.807) is 38.1 Å². The molecule has 2 saturated heterocycles. The maximum Gasteiger partial charge on any atom is 0.329 e. The SMILES string of the molecule is CC(C)OC(=O)[C@H](Cc1ccc(N2CCNC2N(C(N)=O)c2cccc(Cl)c2)cc1)NC(=O)[C@@H]1CCCN1. The van der Waals surface area contributed by atoms with Crippen molar-refractivity contribution in [1.82, 2.24) is 16.0 Å². The molecule has 204 valence electrons. The summed E-state index contributed by atoms with van der Waals surface area (Å²) in [5.41, 5.74) is 8.09. The van der Waals surface area contributed by atoms with Crippen molar-refractivity contribution >= 4 is 40.9 Å². The van der Waals surface area contributed by atoms with Crippen LogP contribution in [0.3, 0.4) is 0 Å². The van der Waals surface area contributed by atoms with E-state index in [4.69, 9.17) is 22.1 Å². The van der Waals surface area contributed by atoms with Crippen LogP contribution in [0.1, 0.15) is 32.3 Å². The second-order valence-electron chi connectivity index (χ2n) is 9.78. The molecule has 4 rings (SSSR count). The van der Waals surface area contributed by atoms with Crippen LogP contribution < -0.4 is 31.5 Å². The van der Waals surface area contributed by atoms with E-state index in [0.717, 1.165) is 30.6 Å². The van der Waals surface area contributed by atoms with Crippen molar-refractivity contribution in [3.63, 3.8) is 0 Å². The molecule has 10 nitrogen and oxygen atoms in total. The molecule has 2 fully saturated rings. The Morgan fingerprint density at radius 1 is 1.16 bits per heavy atom. The largest absolute Gasteiger partial charge is 0.461 e. The van der Waals surface area contributed by atoms with Gasteiger partial charge in [0.2, 0.25) is 5.91 Å². The first-order valence-corrected chi connectivity index (χ1v) is 13.3. The highest BCUT2D eigenvalue weighted by atomic mass is 35.5. The van der Waals surface area contributed by atoms with Crippen molar-refractivity contribution in [1.29, 1.82) is 0 Å². The summed E-state index contributed by atoms with van der Waals surface area (Å²) in [6.45, 7) is 5.66. The Hall–Kier alpha value is -3.34. The zero-order chi connectivity index (χ0) is 27.2. The van der Waals surface area contributed by atoms with Crippen LogP contribution in [0.5, 0.6) is 0 Å². The zero-order valence-corrected chi connectivity index (χ0v) is 22.4. The molecule has 38 heavy (non-hydrogen) atoms. The molecular weight excluding hydrogens is 508 g/mol. The molecule has 0 saturated carbocycles. The molecule has 1 unspecified atom stereocenters. The first kappa shape index (κ1) is 27.7. The van der Waals surface area contributed by atoms with Crippen LogP contribution in [0.2, 0.25) is 5.02 Å². The molecule has 5 N–H and O–H groups in total. The van der Waals surface area contributed by atoms with E-state index in [2.05, 4.69) is 16.0 Å². The fraction of sp³-hybridized carbons (Fsp3) is 0.444.